The molecule has 0 heterocycles. The second-order valence-electron chi connectivity index (χ2n) is 6.59. The number of rotatable bonds is 5. The van der Waals surface area contributed by atoms with Gasteiger partial charge in [-0.1, -0.05) is 23.2 Å². The van der Waals surface area contributed by atoms with Crippen LogP contribution < -0.4 is 11.1 Å². The van der Waals surface area contributed by atoms with Crippen molar-refractivity contribution in [1.29, 1.82) is 0 Å². The molecular weight excluding hydrogens is 518 g/mol. The maximum absolute atomic E-state index is 13.5. The second-order valence-corrected chi connectivity index (χ2v) is 7.41. The highest BCUT2D eigenvalue weighted by atomic mass is 35.5. The van der Waals surface area contributed by atoms with Crippen LogP contribution in [0.3, 0.4) is 0 Å². The minimum atomic E-state index is -5.14. The highest BCUT2D eigenvalue weighted by molar-refractivity contribution is 6.31. The molecule has 0 spiro atoms. The minimum Gasteiger partial charge on any atom is -0.341 e. The maximum atomic E-state index is 13.5. The van der Waals surface area contributed by atoms with Crippen molar-refractivity contribution in [2.75, 3.05) is 0 Å². The van der Waals surface area contributed by atoms with Crippen molar-refractivity contribution < 1.29 is 36.6 Å². The molecule has 3 N–H and O–H groups in total. The summed E-state index contributed by atoms with van der Waals surface area (Å²) in [6, 6.07) is 2.51. The number of alkyl halides is 3. The fraction of sp³-hybridized carbons (Fsp3) is 0.278. The monoisotopic (exact) mass is 532 g/mol. The Hall–Kier alpha value is -3.10. The lowest BCUT2D eigenvalue weighted by atomic mass is 10.1. The van der Waals surface area contributed by atoms with E-state index in [0.717, 1.165) is 19.1 Å². The van der Waals surface area contributed by atoms with Gasteiger partial charge < -0.3 is 11.1 Å². The number of hydrogen-bond donors (Lipinski definition) is 2. The number of nitrogens with one attached hydrogen (secondary N) is 1. The second kappa shape index (κ2) is 11.4. The Kier molecular flexibility index (Phi) is 9.66. The van der Waals surface area contributed by atoms with E-state index >= 15 is 0 Å². The molecule has 0 saturated carbocycles. The smallest absolute Gasteiger partial charge is 0.341 e. The van der Waals surface area contributed by atoms with Crippen molar-refractivity contribution in [3.63, 3.8) is 0 Å². The van der Waals surface area contributed by atoms with Crippen molar-refractivity contribution in [3.05, 3.63) is 77.3 Å². The number of nitro benzene ring substituents is 2. The fourth-order valence-corrected chi connectivity index (χ4v) is 2.86. The van der Waals surface area contributed by atoms with Gasteiger partial charge in [0.05, 0.1) is 31.5 Å². The largest absolute Gasteiger partial charge is 0.471 e. The van der Waals surface area contributed by atoms with E-state index in [9.17, 15) is 47.0 Å². The molecule has 2 atom stereocenters. The third-order valence-corrected chi connectivity index (χ3v) is 4.71. The first-order valence-corrected chi connectivity index (χ1v) is 9.64. The molecule has 0 saturated heterocycles. The third kappa shape index (κ3) is 6.95. The lowest BCUT2D eigenvalue weighted by molar-refractivity contribution is -0.388. The van der Waals surface area contributed by atoms with E-state index in [4.69, 9.17) is 28.9 Å². The summed E-state index contributed by atoms with van der Waals surface area (Å²) in [5.41, 5.74) is 3.45. The molecular formula is C18H15Cl2F5N4O5. The van der Waals surface area contributed by atoms with Gasteiger partial charge in [0.2, 0.25) is 11.6 Å². The van der Waals surface area contributed by atoms with Crippen molar-refractivity contribution >= 4 is 40.5 Å². The zero-order chi connectivity index (χ0) is 26.5. The average molecular weight is 533 g/mol. The van der Waals surface area contributed by atoms with Crippen LogP contribution in [-0.4, -0.2) is 21.9 Å². The van der Waals surface area contributed by atoms with Gasteiger partial charge in [0, 0.05) is 11.6 Å². The van der Waals surface area contributed by atoms with Crippen LogP contribution in [0.2, 0.25) is 10.0 Å². The van der Waals surface area contributed by atoms with E-state index in [-0.39, 0.29) is 10.6 Å². The van der Waals surface area contributed by atoms with Crippen LogP contribution in [0.25, 0.3) is 0 Å². The normalized spacial score (nSPS) is 12.8. The summed E-state index contributed by atoms with van der Waals surface area (Å²) in [5, 5.41) is 22.0. The molecule has 2 aromatic carbocycles. The molecule has 2 unspecified atom stereocenters. The Morgan fingerprint density at radius 3 is 1.68 bits per heavy atom. The highest BCUT2D eigenvalue weighted by Gasteiger charge is 2.40. The van der Waals surface area contributed by atoms with Crippen molar-refractivity contribution in [1.82, 2.24) is 5.32 Å². The van der Waals surface area contributed by atoms with Gasteiger partial charge in [0.1, 0.15) is 0 Å². The Morgan fingerprint density at radius 2 is 1.32 bits per heavy atom. The quantitative estimate of drug-likeness (QED) is 0.294. The van der Waals surface area contributed by atoms with Gasteiger partial charge in [-0.25, -0.2) is 0 Å². The van der Waals surface area contributed by atoms with Gasteiger partial charge in [0.25, 0.3) is 0 Å². The van der Waals surface area contributed by atoms with Gasteiger partial charge in [-0.05, 0) is 38.1 Å². The maximum Gasteiger partial charge on any atom is 0.471 e. The van der Waals surface area contributed by atoms with Crippen LogP contribution in [-0.2, 0) is 4.79 Å². The van der Waals surface area contributed by atoms with E-state index in [1.54, 1.807) is 0 Å². The van der Waals surface area contributed by atoms with Crippen LogP contribution in [0.1, 0.15) is 37.1 Å². The summed E-state index contributed by atoms with van der Waals surface area (Å²) < 4.78 is 63.0. The average Bonchev–Trinajstić information content (AvgIpc) is 2.70. The van der Waals surface area contributed by atoms with Crippen LogP contribution >= 0.6 is 23.2 Å². The fourth-order valence-electron chi connectivity index (χ4n) is 2.55. The van der Waals surface area contributed by atoms with Crippen molar-refractivity contribution in [2.45, 2.75) is 32.1 Å². The topological polar surface area (TPSA) is 141 Å². The molecule has 186 valence electrons. The molecule has 0 aliphatic rings. The first-order valence-electron chi connectivity index (χ1n) is 8.88. The van der Waals surface area contributed by atoms with Crippen LogP contribution in [0.15, 0.2) is 24.3 Å². The van der Waals surface area contributed by atoms with Gasteiger partial charge in [-0.3, -0.25) is 25.0 Å². The molecule has 0 aliphatic carbocycles. The zero-order valence-corrected chi connectivity index (χ0v) is 18.6. The Bertz CT molecular complexity index is 1120. The summed E-state index contributed by atoms with van der Waals surface area (Å²) in [6.45, 7) is 2.59. The van der Waals surface area contributed by atoms with E-state index in [2.05, 4.69) is 0 Å². The summed E-state index contributed by atoms with van der Waals surface area (Å²) in [5.74, 6) is -4.69. The van der Waals surface area contributed by atoms with Gasteiger partial charge in [-0.2, -0.15) is 22.0 Å². The van der Waals surface area contributed by atoms with Gasteiger partial charge in [0.15, 0.2) is 0 Å². The van der Waals surface area contributed by atoms with Gasteiger partial charge >= 0.3 is 23.5 Å². The molecule has 0 bridgehead atoms. The predicted molar refractivity (Wildman–Crippen MR) is 111 cm³/mol. The number of nitrogens with two attached hydrogens (primary N) is 1. The Morgan fingerprint density at radius 1 is 0.941 bits per heavy atom. The number of carbonyl (C=O) groups excluding carboxylic acids is 1. The lowest BCUT2D eigenvalue weighted by Gasteiger charge is -2.16. The standard InChI is InChI=1S/C10H7ClF4N2O3.C8H8ClFN2O2/c1-4(16-9(18)10(13,14)15)5-2-3-6(11)7(12)8(5)17(19)20;1-4(11)5-2-3-6(9)7(10)8(5)12(13)14/h2-4H,1H3,(H,16,18);2-4H,11H2,1H3. The molecule has 0 fully saturated rings. The molecule has 0 radical (unpaired) electrons. The first kappa shape index (κ1) is 28.9. The van der Waals surface area contributed by atoms with Crippen LogP contribution in [0.5, 0.6) is 0 Å². The van der Waals surface area contributed by atoms with Crippen molar-refractivity contribution in [3.8, 4) is 0 Å². The Labute approximate surface area is 197 Å². The summed E-state index contributed by atoms with van der Waals surface area (Å²) >= 11 is 10.8. The molecule has 9 nitrogen and oxygen atoms in total. The molecule has 34 heavy (non-hydrogen) atoms. The van der Waals surface area contributed by atoms with Gasteiger partial charge in [-0.15, -0.1) is 0 Å². The minimum absolute atomic E-state index is 0.136. The third-order valence-electron chi connectivity index (χ3n) is 4.13. The molecule has 1 amide bonds. The zero-order valence-electron chi connectivity index (χ0n) is 17.1. The Balaban J connectivity index is 0.000000362. The number of halogens is 7. The van der Waals surface area contributed by atoms with E-state index in [1.165, 1.54) is 24.4 Å². The highest BCUT2D eigenvalue weighted by Crippen LogP contribution is 2.33. The summed E-state index contributed by atoms with van der Waals surface area (Å²) in [7, 11) is 0. The number of hydrogen-bond acceptors (Lipinski definition) is 6. The summed E-state index contributed by atoms with van der Waals surface area (Å²) in [6.07, 6.45) is -5.14. The molecule has 0 aromatic heterocycles. The number of nitro groups is 2. The molecule has 2 rings (SSSR count). The summed E-state index contributed by atoms with van der Waals surface area (Å²) in [4.78, 5) is 30.1. The van der Waals surface area contributed by atoms with E-state index in [1.807, 2.05) is 0 Å². The molecule has 0 aliphatic heterocycles. The van der Waals surface area contributed by atoms with Crippen molar-refractivity contribution in [2.24, 2.45) is 5.73 Å². The van der Waals surface area contributed by atoms with Crippen LogP contribution in [0.4, 0.5) is 33.3 Å². The van der Waals surface area contributed by atoms with E-state index < -0.39 is 67.6 Å². The number of carbonyl (C=O) groups is 1. The lowest BCUT2D eigenvalue weighted by Crippen LogP contribution is -2.38. The SMILES string of the molecule is CC(N)c1ccc(Cl)c(F)c1[N+](=O)[O-].CC(NC(=O)C(F)(F)F)c1ccc(Cl)c(F)c1[N+](=O)[O-]. The number of nitrogens with zero attached hydrogens (tertiary/aromatic N) is 2. The molecule has 16 heteroatoms. The van der Waals surface area contributed by atoms with Crippen LogP contribution in [0, 0.1) is 31.9 Å². The number of amides is 1. The molecule has 2 aromatic rings. The number of benzene rings is 2. The predicted octanol–water partition coefficient (Wildman–Crippen LogP) is 5.53. The van der Waals surface area contributed by atoms with E-state index in [0.29, 0.717) is 0 Å². The first-order chi connectivity index (χ1) is 15.5.